The van der Waals surface area contributed by atoms with Gasteiger partial charge in [0.1, 0.15) is 24.4 Å². The van der Waals surface area contributed by atoms with E-state index in [9.17, 15) is 30.0 Å². The van der Waals surface area contributed by atoms with Gasteiger partial charge in [-0.2, -0.15) is 0 Å². The van der Waals surface area contributed by atoms with Crippen molar-refractivity contribution in [3.63, 3.8) is 0 Å². The number of nitrogens with one attached hydrogen (secondary N) is 1. The number of ether oxygens (including phenoxy) is 1. The number of aliphatic hydroxyl groups excluding tert-OH is 4. The summed E-state index contributed by atoms with van der Waals surface area (Å²) in [5.41, 5.74) is 5.90. The minimum atomic E-state index is -1.36. The quantitative estimate of drug-likeness (QED) is 0.191. The molecular weight excluding hydrogens is 446 g/mol. The Bertz CT molecular complexity index is 1000. The smallest absolute Gasteiger partial charge is 0.329 e. The maximum absolute atomic E-state index is 12.6. The molecule has 1 saturated heterocycles. The minimum absolute atomic E-state index is 0.0563. The largest absolute Gasteiger partial charge is 0.394 e. The number of nitrogens with zero attached hydrogens (tertiary/aromatic N) is 5. The molecule has 2 aromatic rings. The van der Waals surface area contributed by atoms with E-state index < -0.39 is 55.2 Å². The van der Waals surface area contributed by atoms with Gasteiger partial charge in [0.15, 0.2) is 28.4 Å². The molecule has 1 aliphatic heterocycles. The molecule has 15 heteroatoms. The number of aliphatic hydroxyl groups is 4. The van der Waals surface area contributed by atoms with Crippen molar-refractivity contribution in [2.24, 2.45) is 5.73 Å². The second kappa shape index (κ2) is 9.62. The molecule has 1 aliphatic rings. The summed E-state index contributed by atoms with van der Waals surface area (Å²) >= 11 is 1.18. The zero-order chi connectivity index (χ0) is 23.7. The predicted octanol–water partition coefficient (Wildman–Crippen LogP) is -2.46. The van der Waals surface area contributed by atoms with Gasteiger partial charge in [-0.25, -0.2) is 19.7 Å². The summed E-state index contributed by atoms with van der Waals surface area (Å²) in [5, 5.41) is 41.5. The molecule has 2 aromatic heterocycles. The Morgan fingerprint density at radius 2 is 2.06 bits per heavy atom. The van der Waals surface area contributed by atoms with Gasteiger partial charge in [0, 0.05) is 7.05 Å². The number of amides is 3. The van der Waals surface area contributed by atoms with E-state index in [-0.39, 0.29) is 22.1 Å². The van der Waals surface area contributed by atoms with Crippen LogP contribution in [0.3, 0.4) is 0 Å². The van der Waals surface area contributed by atoms with E-state index in [1.165, 1.54) is 36.6 Å². The monoisotopic (exact) mass is 471 g/mol. The van der Waals surface area contributed by atoms with Crippen LogP contribution < -0.4 is 16.0 Å². The molecule has 6 atom stereocenters. The highest BCUT2D eigenvalue weighted by Gasteiger charge is 2.44. The van der Waals surface area contributed by atoms with Crippen molar-refractivity contribution in [3.05, 3.63) is 6.33 Å². The molecule has 3 rings (SSSR count). The Morgan fingerprint density at radius 3 is 2.62 bits per heavy atom. The van der Waals surface area contributed by atoms with Crippen LogP contribution in [0.15, 0.2) is 11.5 Å². The van der Waals surface area contributed by atoms with Gasteiger partial charge in [0.2, 0.25) is 5.91 Å². The molecule has 0 radical (unpaired) electrons. The molecule has 0 saturated carbocycles. The van der Waals surface area contributed by atoms with E-state index >= 15 is 0 Å². The average Bonchev–Trinajstić information content (AvgIpc) is 3.32. The van der Waals surface area contributed by atoms with E-state index in [1.54, 1.807) is 6.26 Å². The van der Waals surface area contributed by atoms with Crippen LogP contribution in [0, 0.1) is 0 Å². The van der Waals surface area contributed by atoms with E-state index in [1.807, 2.05) is 0 Å². The molecule has 0 spiro atoms. The summed E-state index contributed by atoms with van der Waals surface area (Å²) in [6, 6.07) is -2.16. The molecule has 7 N–H and O–H groups in total. The number of rotatable bonds is 6. The number of thioether (sulfide) groups is 1. The van der Waals surface area contributed by atoms with Crippen molar-refractivity contribution in [2.45, 2.75) is 48.8 Å². The highest BCUT2D eigenvalue weighted by atomic mass is 32.2. The normalized spacial score (nSPS) is 25.0. The molecule has 1 fully saturated rings. The Kier molecular flexibility index (Phi) is 7.29. The maximum atomic E-state index is 12.6. The fraction of sp³-hybridized carbons (Fsp3) is 0.588. The number of anilines is 1. The number of carbonyl (C=O) groups excluding carboxylic acids is 2. The lowest BCUT2D eigenvalue weighted by molar-refractivity contribution is -0.123. The van der Waals surface area contributed by atoms with Gasteiger partial charge in [-0.15, -0.1) is 0 Å². The zero-order valence-corrected chi connectivity index (χ0v) is 18.3. The number of aromatic nitrogens is 4. The second-order valence-electron chi connectivity index (χ2n) is 7.21. The number of hydrogen-bond acceptors (Lipinski definition) is 12. The number of hydrogen-bond donors (Lipinski definition) is 6. The molecule has 176 valence electrons. The number of imide groups is 1. The fourth-order valence-corrected chi connectivity index (χ4v) is 3.45. The van der Waals surface area contributed by atoms with Crippen molar-refractivity contribution < 1.29 is 34.8 Å². The van der Waals surface area contributed by atoms with E-state index in [0.29, 0.717) is 0 Å². The van der Waals surface area contributed by atoms with E-state index in [0.717, 1.165) is 4.90 Å². The molecule has 0 aromatic carbocycles. The zero-order valence-electron chi connectivity index (χ0n) is 17.5. The van der Waals surface area contributed by atoms with Crippen molar-refractivity contribution in [1.29, 1.82) is 0 Å². The lowest BCUT2D eigenvalue weighted by Gasteiger charge is -2.20. The summed E-state index contributed by atoms with van der Waals surface area (Å²) in [7, 11) is 1.36. The lowest BCUT2D eigenvalue weighted by Crippen LogP contribution is -2.52. The summed E-state index contributed by atoms with van der Waals surface area (Å²) in [4.78, 5) is 38.5. The first-order chi connectivity index (χ1) is 15.1. The number of fused-ring (bicyclic) bond motifs is 1. The Hall–Kier alpha value is -2.40. The number of carbonyl (C=O) groups is 2. The third kappa shape index (κ3) is 4.40. The van der Waals surface area contributed by atoms with Crippen LogP contribution in [-0.4, -0.2) is 102 Å². The molecular formula is C17H25N7O7S. The van der Waals surface area contributed by atoms with Gasteiger partial charge < -0.3 is 30.9 Å². The molecule has 0 aliphatic carbocycles. The Balaban J connectivity index is 1.97. The Labute approximate surface area is 186 Å². The van der Waals surface area contributed by atoms with Crippen LogP contribution in [0.1, 0.15) is 13.2 Å². The average molecular weight is 471 g/mol. The fourth-order valence-electron chi connectivity index (χ4n) is 3.09. The van der Waals surface area contributed by atoms with Crippen LogP contribution in [0.5, 0.6) is 0 Å². The first kappa shape index (κ1) is 24.2. The number of imidazole rings is 1. The van der Waals surface area contributed by atoms with Crippen LogP contribution >= 0.6 is 11.8 Å². The molecule has 3 amide bonds. The summed E-state index contributed by atoms with van der Waals surface area (Å²) in [5.74, 6) is -0.815. The van der Waals surface area contributed by atoms with Gasteiger partial charge in [-0.05, 0) is 13.2 Å². The minimum Gasteiger partial charge on any atom is -0.394 e. The molecule has 3 heterocycles. The highest BCUT2D eigenvalue weighted by molar-refractivity contribution is 7.98. The first-order valence-corrected chi connectivity index (χ1v) is 10.8. The summed E-state index contributed by atoms with van der Waals surface area (Å²) in [6.07, 6.45) is -2.91. The molecule has 0 unspecified atom stereocenters. The number of urea groups is 1. The van der Waals surface area contributed by atoms with Gasteiger partial charge >= 0.3 is 6.03 Å². The van der Waals surface area contributed by atoms with Crippen LogP contribution in [-0.2, 0) is 9.53 Å². The van der Waals surface area contributed by atoms with E-state index in [2.05, 4.69) is 20.3 Å². The first-order valence-electron chi connectivity index (χ1n) is 9.53. The summed E-state index contributed by atoms with van der Waals surface area (Å²) < 4.78 is 6.91. The molecule has 14 nitrogen and oxygen atoms in total. The van der Waals surface area contributed by atoms with E-state index in [4.69, 9.17) is 10.5 Å². The molecule has 32 heavy (non-hydrogen) atoms. The van der Waals surface area contributed by atoms with Gasteiger partial charge in [0.25, 0.3) is 0 Å². The van der Waals surface area contributed by atoms with Gasteiger partial charge in [0.05, 0.1) is 19.0 Å². The van der Waals surface area contributed by atoms with Crippen molar-refractivity contribution >= 4 is 40.7 Å². The van der Waals surface area contributed by atoms with Crippen molar-refractivity contribution in [1.82, 2.24) is 24.8 Å². The van der Waals surface area contributed by atoms with Crippen molar-refractivity contribution in [3.8, 4) is 0 Å². The molecule has 0 bridgehead atoms. The van der Waals surface area contributed by atoms with Crippen molar-refractivity contribution in [2.75, 3.05) is 24.8 Å². The van der Waals surface area contributed by atoms with Gasteiger partial charge in [-0.3, -0.25) is 19.6 Å². The third-order valence-corrected chi connectivity index (χ3v) is 5.58. The standard InChI is InChI=1S/C17H25N7O7S/c1-6(26)8(18)14(29)22-17(30)23(2)12-9-13(21-16(20-12)32-3)24(5-19-9)15-11(28)10(27)7(4-25)31-15/h5-8,10-11,15,25-28H,4,18H2,1-3H3,(H,22,29,30)/t6-,7-,8+,10-,11-,15-/m1/s1. The number of nitrogens with two attached hydrogens (primary N) is 1. The van der Waals surface area contributed by atoms with Crippen LogP contribution in [0.2, 0.25) is 0 Å². The van der Waals surface area contributed by atoms with Gasteiger partial charge in [-0.1, -0.05) is 11.8 Å². The third-order valence-electron chi connectivity index (χ3n) is 5.03. The summed E-state index contributed by atoms with van der Waals surface area (Å²) in [6.45, 7) is 0.824. The maximum Gasteiger partial charge on any atom is 0.329 e. The Morgan fingerprint density at radius 1 is 1.38 bits per heavy atom. The van der Waals surface area contributed by atoms with Crippen LogP contribution in [0.25, 0.3) is 11.2 Å². The SMILES string of the molecule is CSc1nc(N(C)C(=O)NC(=O)[C@@H](N)[C@@H](C)O)c2ncn([C@@H]3O[C@H](CO)[C@@H](O)[C@H]3O)c2n1. The highest BCUT2D eigenvalue weighted by Crippen LogP contribution is 2.33. The second-order valence-corrected chi connectivity index (χ2v) is 7.98. The topological polar surface area (TPSA) is 209 Å². The predicted molar refractivity (Wildman–Crippen MR) is 112 cm³/mol. The lowest BCUT2D eigenvalue weighted by atomic mass is 10.1. The van der Waals surface area contributed by atoms with Crippen LogP contribution in [0.4, 0.5) is 10.6 Å².